The third kappa shape index (κ3) is 3.64. The van der Waals surface area contributed by atoms with Gasteiger partial charge in [0.1, 0.15) is 6.54 Å². The van der Waals surface area contributed by atoms with Crippen molar-refractivity contribution in [2.45, 2.75) is 0 Å². The maximum Gasteiger partial charge on any atom is 0.322 e. The number of hydrogen-bond acceptors (Lipinski definition) is 4. The van der Waals surface area contributed by atoms with E-state index in [1.165, 1.54) is 0 Å². The Hall–Kier alpha value is -2.69. The lowest BCUT2D eigenvalue weighted by molar-refractivity contribution is -0.134. The molecular formula is C14H15N3O2. The van der Waals surface area contributed by atoms with Crippen LogP contribution in [0.1, 0.15) is 0 Å². The second-order valence-corrected chi connectivity index (χ2v) is 4.04. The number of carbonyl (C=O) groups is 1. The van der Waals surface area contributed by atoms with E-state index < -0.39 is 5.97 Å². The Balaban J connectivity index is 2.14. The highest BCUT2D eigenvalue weighted by atomic mass is 16.4. The Morgan fingerprint density at radius 2 is 1.84 bits per heavy atom. The number of aliphatic carboxylic acids is 1. The molecule has 0 amide bonds. The van der Waals surface area contributed by atoms with Crippen LogP contribution in [0.3, 0.4) is 0 Å². The van der Waals surface area contributed by atoms with Crippen LogP contribution in [0.4, 0.5) is 22.7 Å². The zero-order chi connectivity index (χ0) is 13.7. The van der Waals surface area contributed by atoms with Crippen LogP contribution in [0.2, 0.25) is 0 Å². The normalized spacial score (nSPS) is 9.89. The highest BCUT2D eigenvalue weighted by Gasteiger charge is 2.03. The number of nitrogens with two attached hydrogens (primary N) is 1. The molecule has 19 heavy (non-hydrogen) atoms. The van der Waals surface area contributed by atoms with Crippen LogP contribution in [0, 0.1) is 0 Å². The van der Waals surface area contributed by atoms with Gasteiger partial charge in [0.2, 0.25) is 0 Å². The van der Waals surface area contributed by atoms with Gasteiger partial charge in [0.25, 0.3) is 0 Å². The number of carboxylic acid groups (broad SMARTS) is 1. The van der Waals surface area contributed by atoms with E-state index in [1.807, 2.05) is 36.4 Å². The zero-order valence-corrected chi connectivity index (χ0v) is 10.3. The van der Waals surface area contributed by atoms with Crippen LogP contribution in [-0.4, -0.2) is 17.6 Å². The fourth-order valence-electron chi connectivity index (χ4n) is 1.65. The fraction of sp³-hybridized carbons (Fsp3) is 0.0714. The van der Waals surface area contributed by atoms with Gasteiger partial charge in [-0.1, -0.05) is 18.2 Å². The minimum absolute atomic E-state index is 0.168. The van der Waals surface area contributed by atoms with E-state index in [0.717, 1.165) is 11.4 Å². The number of hydrogen-bond donors (Lipinski definition) is 4. The molecule has 5 N–H and O–H groups in total. The van der Waals surface area contributed by atoms with Crippen molar-refractivity contribution in [1.82, 2.24) is 0 Å². The molecule has 0 fully saturated rings. The van der Waals surface area contributed by atoms with E-state index in [4.69, 9.17) is 10.8 Å². The Morgan fingerprint density at radius 1 is 1.11 bits per heavy atom. The SMILES string of the molecule is Nc1ccc(Nc2ccccc2)cc1NCC(=O)O. The van der Waals surface area contributed by atoms with Gasteiger partial charge in [0, 0.05) is 11.4 Å². The molecule has 5 heteroatoms. The smallest absolute Gasteiger partial charge is 0.322 e. The predicted molar refractivity (Wildman–Crippen MR) is 76.7 cm³/mol. The van der Waals surface area contributed by atoms with Gasteiger partial charge in [-0.3, -0.25) is 4.79 Å². The fourth-order valence-corrected chi connectivity index (χ4v) is 1.65. The molecule has 0 spiro atoms. The topological polar surface area (TPSA) is 87.4 Å². The number of benzene rings is 2. The largest absolute Gasteiger partial charge is 0.480 e. The lowest BCUT2D eigenvalue weighted by Crippen LogP contribution is -2.13. The summed E-state index contributed by atoms with van der Waals surface area (Å²) in [4.78, 5) is 10.5. The summed E-state index contributed by atoms with van der Waals surface area (Å²) >= 11 is 0. The summed E-state index contributed by atoms with van der Waals surface area (Å²) in [6.45, 7) is -0.168. The zero-order valence-electron chi connectivity index (χ0n) is 10.3. The molecule has 0 saturated carbocycles. The van der Waals surface area contributed by atoms with Crippen molar-refractivity contribution < 1.29 is 9.90 Å². The molecule has 0 saturated heterocycles. The molecule has 0 aromatic heterocycles. The Labute approximate surface area is 111 Å². The van der Waals surface area contributed by atoms with Crippen molar-refractivity contribution in [3.63, 3.8) is 0 Å². The molecule has 0 atom stereocenters. The summed E-state index contributed by atoms with van der Waals surface area (Å²) in [5.41, 5.74) is 8.70. The molecule has 5 nitrogen and oxygen atoms in total. The molecule has 0 bridgehead atoms. The quantitative estimate of drug-likeness (QED) is 0.618. The number of anilines is 4. The highest BCUT2D eigenvalue weighted by Crippen LogP contribution is 2.25. The molecule has 0 aliphatic rings. The molecule has 98 valence electrons. The van der Waals surface area contributed by atoms with Crippen LogP contribution >= 0.6 is 0 Å². The summed E-state index contributed by atoms with van der Waals surface area (Å²) in [6.07, 6.45) is 0. The lowest BCUT2D eigenvalue weighted by atomic mass is 10.2. The molecule has 0 aliphatic heterocycles. The van der Waals surface area contributed by atoms with Crippen molar-refractivity contribution in [3.05, 3.63) is 48.5 Å². The number of nitrogens with one attached hydrogen (secondary N) is 2. The van der Waals surface area contributed by atoms with Gasteiger partial charge < -0.3 is 21.5 Å². The maximum atomic E-state index is 10.5. The van der Waals surface area contributed by atoms with Crippen molar-refractivity contribution in [2.75, 3.05) is 22.9 Å². The minimum Gasteiger partial charge on any atom is -0.480 e. The van der Waals surface area contributed by atoms with E-state index >= 15 is 0 Å². The summed E-state index contributed by atoms with van der Waals surface area (Å²) in [6, 6.07) is 15.1. The average molecular weight is 257 g/mol. The van der Waals surface area contributed by atoms with E-state index in [2.05, 4.69) is 10.6 Å². The lowest BCUT2D eigenvalue weighted by Gasteiger charge is -2.11. The predicted octanol–water partition coefficient (Wildman–Crippen LogP) is 2.51. The van der Waals surface area contributed by atoms with E-state index in [0.29, 0.717) is 11.4 Å². The van der Waals surface area contributed by atoms with Gasteiger partial charge in [-0.2, -0.15) is 0 Å². The van der Waals surface area contributed by atoms with E-state index in [9.17, 15) is 4.79 Å². The van der Waals surface area contributed by atoms with Gasteiger partial charge in [-0.15, -0.1) is 0 Å². The first-order valence-electron chi connectivity index (χ1n) is 5.82. The first kappa shape index (κ1) is 12.8. The van der Waals surface area contributed by atoms with E-state index in [1.54, 1.807) is 12.1 Å². The number of carboxylic acids is 1. The third-order valence-corrected chi connectivity index (χ3v) is 2.55. The highest BCUT2D eigenvalue weighted by molar-refractivity contribution is 5.78. The standard InChI is InChI=1S/C14H15N3O2/c15-12-7-6-11(8-13(12)16-9-14(18)19)17-10-4-2-1-3-5-10/h1-8,16-17H,9,15H2,(H,18,19). The van der Waals surface area contributed by atoms with Crippen LogP contribution < -0.4 is 16.4 Å². The summed E-state index contributed by atoms with van der Waals surface area (Å²) < 4.78 is 0. The van der Waals surface area contributed by atoms with Crippen LogP contribution in [-0.2, 0) is 4.79 Å². The summed E-state index contributed by atoms with van der Waals surface area (Å²) in [7, 11) is 0. The Bertz CT molecular complexity index is 570. The van der Waals surface area contributed by atoms with Gasteiger partial charge in [-0.25, -0.2) is 0 Å². The second kappa shape index (κ2) is 5.77. The number of nitrogen functional groups attached to an aromatic ring is 1. The molecule has 2 aromatic rings. The van der Waals surface area contributed by atoms with Gasteiger partial charge in [0.15, 0.2) is 0 Å². The molecular weight excluding hydrogens is 242 g/mol. The molecule has 0 radical (unpaired) electrons. The van der Waals surface area contributed by atoms with Crippen molar-refractivity contribution in [1.29, 1.82) is 0 Å². The molecule has 2 rings (SSSR count). The third-order valence-electron chi connectivity index (χ3n) is 2.55. The number of rotatable bonds is 5. The van der Waals surface area contributed by atoms with Crippen molar-refractivity contribution in [3.8, 4) is 0 Å². The van der Waals surface area contributed by atoms with Gasteiger partial charge >= 0.3 is 5.97 Å². The Morgan fingerprint density at radius 3 is 2.53 bits per heavy atom. The summed E-state index contributed by atoms with van der Waals surface area (Å²) in [5.74, 6) is -0.930. The van der Waals surface area contributed by atoms with Crippen LogP contribution in [0.5, 0.6) is 0 Å². The van der Waals surface area contributed by atoms with Gasteiger partial charge in [-0.05, 0) is 30.3 Å². The van der Waals surface area contributed by atoms with Crippen molar-refractivity contribution in [2.24, 2.45) is 0 Å². The van der Waals surface area contributed by atoms with Crippen molar-refractivity contribution >= 4 is 28.7 Å². The maximum absolute atomic E-state index is 10.5. The number of para-hydroxylation sites is 1. The minimum atomic E-state index is -0.930. The molecule has 2 aromatic carbocycles. The molecule has 0 heterocycles. The molecule has 0 unspecified atom stereocenters. The first-order chi connectivity index (χ1) is 9.15. The van der Waals surface area contributed by atoms with Crippen LogP contribution in [0.15, 0.2) is 48.5 Å². The molecule has 0 aliphatic carbocycles. The average Bonchev–Trinajstić information content (AvgIpc) is 2.40. The van der Waals surface area contributed by atoms with E-state index in [-0.39, 0.29) is 6.54 Å². The van der Waals surface area contributed by atoms with Gasteiger partial charge in [0.05, 0.1) is 11.4 Å². The Kier molecular flexibility index (Phi) is 3.87. The summed E-state index contributed by atoms with van der Waals surface area (Å²) in [5, 5.41) is 14.6. The monoisotopic (exact) mass is 257 g/mol. The first-order valence-corrected chi connectivity index (χ1v) is 5.82. The van der Waals surface area contributed by atoms with Crippen LogP contribution in [0.25, 0.3) is 0 Å². The second-order valence-electron chi connectivity index (χ2n) is 4.04.